The molecule has 0 aliphatic rings. The minimum Gasteiger partial charge on any atom is -0.481 e. The summed E-state index contributed by atoms with van der Waals surface area (Å²) in [5.41, 5.74) is 0. The van der Waals surface area contributed by atoms with Gasteiger partial charge in [0.15, 0.2) is 0 Å². The number of rotatable bonds is 6. The molecule has 92 valence electrons. The molecule has 0 unspecified atom stereocenters. The summed E-state index contributed by atoms with van der Waals surface area (Å²) in [5.74, 6) is -1.26. The lowest BCUT2D eigenvalue weighted by Gasteiger charge is -2.20. The van der Waals surface area contributed by atoms with Gasteiger partial charge in [-0.05, 0) is 6.92 Å². The third-order valence-corrected chi connectivity index (χ3v) is 1.94. The van der Waals surface area contributed by atoms with Gasteiger partial charge in [0.2, 0.25) is 5.91 Å². The number of amides is 3. The summed E-state index contributed by atoms with van der Waals surface area (Å²) in [7, 11) is 1.47. The highest BCUT2D eigenvalue weighted by Gasteiger charge is 2.13. The smallest absolute Gasteiger partial charge is 0.317 e. The van der Waals surface area contributed by atoms with Crippen LogP contribution < -0.4 is 10.6 Å². The fourth-order valence-electron chi connectivity index (χ4n) is 0.990. The molecule has 0 bridgehead atoms. The number of hydrogen-bond donors (Lipinski definition) is 3. The summed E-state index contributed by atoms with van der Waals surface area (Å²) in [6, 6.07) is -0.438. The molecule has 0 spiro atoms. The van der Waals surface area contributed by atoms with E-state index in [9.17, 15) is 14.4 Å². The van der Waals surface area contributed by atoms with Gasteiger partial charge in [0.1, 0.15) is 0 Å². The van der Waals surface area contributed by atoms with Crippen LogP contribution >= 0.6 is 0 Å². The van der Waals surface area contributed by atoms with Crippen LogP contribution in [0.2, 0.25) is 0 Å². The predicted molar refractivity (Wildman–Crippen MR) is 57.0 cm³/mol. The van der Waals surface area contributed by atoms with Crippen LogP contribution in [0, 0.1) is 0 Å². The number of urea groups is 1. The summed E-state index contributed by atoms with van der Waals surface area (Å²) >= 11 is 0. The predicted octanol–water partition coefficient (Wildman–Crippen LogP) is -0.761. The normalized spacial score (nSPS) is 9.38. The molecule has 0 saturated carbocycles. The molecule has 0 aromatic heterocycles. The van der Waals surface area contributed by atoms with Gasteiger partial charge in [-0.15, -0.1) is 0 Å². The molecule has 7 nitrogen and oxygen atoms in total. The highest BCUT2D eigenvalue weighted by Crippen LogP contribution is 1.92. The van der Waals surface area contributed by atoms with Crippen LogP contribution in [0.3, 0.4) is 0 Å². The lowest BCUT2D eigenvalue weighted by Crippen LogP contribution is -2.44. The Kier molecular flexibility index (Phi) is 6.66. The molecule has 3 N–H and O–H groups in total. The molecule has 16 heavy (non-hydrogen) atoms. The number of carbonyl (C=O) groups is 3. The average molecular weight is 231 g/mol. The Bertz CT molecular complexity index is 267. The van der Waals surface area contributed by atoms with E-state index in [1.54, 1.807) is 6.92 Å². The summed E-state index contributed by atoms with van der Waals surface area (Å²) in [5, 5.41) is 13.2. The third-order valence-electron chi connectivity index (χ3n) is 1.94. The summed E-state index contributed by atoms with van der Waals surface area (Å²) in [6.07, 6.45) is -0.110. The monoisotopic (exact) mass is 231 g/mol. The summed E-state index contributed by atoms with van der Waals surface area (Å²) in [4.78, 5) is 34.0. The maximum atomic E-state index is 11.4. The number of carboxylic acids is 1. The average Bonchev–Trinajstić information content (AvgIpc) is 2.26. The maximum absolute atomic E-state index is 11.4. The third kappa shape index (κ3) is 5.84. The van der Waals surface area contributed by atoms with E-state index in [-0.39, 0.29) is 25.4 Å². The maximum Gasteiger partial charge on any atom is 0.317 e. The van der Waals surface area contributed by atoms with Crippen molar-refractivity contribution in [1.29, 1.82) is 0 Å². The van der Waals surface area contributed by atoms with Gasteiger partial charge >= 0.3 is 12.0 Å². The highest BCUT2D eigenvalue weighted by molar-refractivity contribution is 5.83. The molecular weight excluding hydrogens is 214 g/mol. The first-order valence-corrected chi connectivity index (χ1v) is 4.96. The zero-order valence-electron chi connectivity index (χ0n) is 9.45. The van der Waals surface area contributed by atoms with Crippen molar-refractivity contribution < 1.29 is 19.5 Å². The van der Waals surface area contributed by atoms with Crippen LogP contribution in [0.5, 0.6) is 0 Å². The van der Waals surface area contributed by atoms with Gasteiger partial charge in [-0.25, -0.2) is 4.79 Å². The summed E-state index contributed by atoms with van der Waals surface area (Å²) in [6.45, 7) is 2.15. The van der Waals surface area contributed by atoms with Crippen molar-refractivity contribution in [3.8, 4) is 0 Å². The molecule has 0 heterocycles. The van der Waals surface area contributed by atoms with E-state index in [1.165, 1.54) is 11.9 Å². The second-order valence-electron chi connectivity index (χ2n) is 3.06. The van der Waals surface area contributed by atoms with Gasteiger partial charge in [-0.3, -0.25) is 9.59 Å². The van der Waals surface area contributed by atoms with Crippen LogP contribution in [0.15, 0.2) is 0 Å². The number of carbonyl (C=O) groups excluding carboxylic acids is 2. The Balaban J connectivity index is 4.00. The number of nitrogens with zero attached hydrogens (tertiary/aromatic N) is 1. The molecule has 0 aliphatic heterocycles. The minimum absolute atomic E-state index is 0.110. The van der Waals surface area contributed by atoms with Gasteiger partial charge < -0.3 is 20.6 Å². The van der Waals surface area contributed by atoms with E-state index in [4.69, 9.17) is 5.11 Å². The first kappa shape index (κ1) is 14.2. The highest BCUT2D eigenvalue weighted by atomic mass is 16.4. The number of carboxylic acid groups (broad SMARTS) is 1. The number of likely N-dealkylation sites (N-methyl/N-ethyl adjacent to an activating group) is 1. The topological polar surface area (TPSA) is 98.7 Å². The SMILES string of the molecule is CCN(CCC(=O)O)C(=O)NCC(=O)NC. The van der Waals surface area contributed by atoms with Crippen molar-refractivity contribution in [3.63, 3.8) is 0 Å². The molecule has 0 aromatic rings. The molecule has 0 radical (unpaired) electrons. The van der Waals surface area contributed by atoms with Crippen molar-refractivity contribution in [2.75, 3.05) is 26.7 Å². The Labute approximate surface area is 93.8 Å². The van der Waals surface area contributed by atoms with Gasteiger partial charge in [-0.1, -0.05) is 0 Å². The van der Waals surface area contributed by atoms with Crippen LogP contribution in [-0.4, -0.2) is 54.6 Å². The lowest BCUT2D eigenvalue weighted by molar-refractivity contribution is -0.137. The van der Waals surface area contributed by atoms with Gasteiger partial charge in [-0.2, -0.15) is 0 Å². The molecule has 7 heteroatoms. The largest absolute Gasteiger partial charge is 0.481 e. The molecule has 3 amide bonds. The van der Waals surface area contributed by atoms with E-state index >= 15 is 0 Å². The van der Waals surface area contributed by atoms with Crippen molar-refractivity contribution in [2.24, 2.45) is 0 Å². The molecular formula is C9H17N3O4. The molecule has 0 aliphatic carbocycles. The first-order valence-electron chi connectivity index (χ1n) is 4.96. The molecule has 0 aromatic carbocycles. The molecule has 0 rings (SSSR count). The quantitative estimate of drug-likeness (QED) is 0.559. The second kappa shape index (κ2) is 7.49. The Morgan fingerprint density at radius 3 is 2.38 bits per heavy atom. The lowest BCUT2D eigenvalue weighted by atomic mass is 10.4. The fourth-order valence-corrected chi connectivity index (χ4v) is 0.990. The van der Waals surface area contributed by atoms with Crippen molar-refractivity contribution >= 4 is 17.9 Å². The zero-order chi connectivity index (χ0) is 12.6. The van der Waals surface area contributed by atoms with Crippen LogP contribution in [0.4, 0.5) is 4.79 Å². The Morgan fingerprint density at radius 2 is 1.94 bits per heavy atom. The fraction of sp³-hybridized carbons (Fsp3) is 0.667. The van der Waals surface area contributed by atoms with Crippen LogP contribution in [0.25, 0.3) is 0 Å². The Morgan fingerprint density at radius 1 is 1.31 bits per heavy atom. The van der Waals surface area contributed by atoms with Gasteiger partial charge in [0.25, 0.3) is 0 Å². The van der Waals surface area contributed by atoms with Crippen LogP contribution in [-0.2, 0) is 9.59 Å². The molecule has 0 fully saturated rings. The number of aliphatic carboxylic acids is 1. The first-order chi connectivity index (χ1) is 7.51. The van der Waals surface area contributed by atoms with E-state index < -0.39 is 12.0 Å². The zero-order valence-corrected chi connectivity index (χ0v) is 9.45. The van der Waals surface area contributed by atoms with Gasteiger partial charge in [0.05, 0.1) is 13.0 Å². The van der Waals surface area contributed by atoms with E-state index in [2.05, 4.69) is 10.6 Å². The number of hydrogen-bond acceptors (Lipinski definition) is 3. The summed E-state index contributed by atoms with van der Waals surface area (Å²) < 4.78 is 0. The number of nitrogens with one attached hydrogen (secondary N) is 2. The van der Waals surface area contributed by atoms with Gasteiger partial charge in [0, 0.05) is 20.1 Å². The van der Waals surface area contributed by atoms with Crippen molar-refractivity contribution in [1.82, 2.24) is 15.5 Å². The van der Waals surface area contributed by atoms with Crippen molar-refractivity contribution in [3.05, 3.63) is 0 Å². The second-order valence-corrected chi connectivity index (χ2v) is 3.06. The van der Waals surface area contributed by atoms with Crippen LogP contribution in [0.1, 0.15) is 13.3 Å². The van der Waals surface area contributed by atoms with E-state index in [0.717, 1.165) is 0 Å². The van der Waals surface area contributed by atoms with E-state index in [0.29, 0.717) is 6.54 Å². The van der Waals surface area contributed by atoms with Crippen molar-refractivity contribution in [2.45, 2.75) is 13.3 Å². The molecule has 0 atom stereocenters. The minimum atomic E-state index is -0.961. The standard InChI is InChI=1S/C9H17N3O4/c1-3-12(5-4-8(14)15)9(16)11-6-7(13)10-2/h3-6H2,1-2H3,(H,10,13)(H,11,16)(H,14,15). The molecule has 0 saturated heterocycles. The Hall–Kier alpha value is -1.79. The van der Waals surface area contributed by atoms with E-state index in [1.807, 2.05) is 0 Å².